The van der Waals surface area contributed by atoms with Crippen LogP contribution in [-0.4, -0.2) is 49.5 Å². The zero-order chi connectivity index (χ0) is 24.9. The number of rotatable bonds is 6. The molecule has 6 heteroatoms. The van der Waals surface area contributed by atoms with Crippen molar-refractivity contribution >= 4 is 34.0 Å². The zero-order valence-electron chi connectivity index (χ0n) is 20.3. The van der Waals surface area contributed by atoms with Crippen LogP contribution in [-0.2, 0) is 4.79 Å². The first-order valence-corrected chi connectivity index (χ1v) is 12.2. The molecule has 36 heavy (non-hydrogen) atoms. The first-order chi connectivity index (χ1) is 17.6. The van der Waals surface area contributed by atoms with E-state index in [2.05, 4.69) is 10.2 Å². The fourth-order valence-electron chi connectivity index (χ4n) is 4.57. The van der Waals surface area contributed by atoms with Gasteiger partial charge in [-0.25, -0.2) is 0 Å². The van der Waals surface area contributed by atoms with Gasteiger partial charge in [0.1, 0.15) is 5.75 Å². The Kier molecular flexibility index (Phi) is 6.85. The lowest BCUT2D eigenvalue weighted by Gasteiger charge is -2.36. The third-order valence-electron chi connectivity index (χ3n) is 6.57. The molecule has 182 valence electrons. The van der Waals surface area contributed by atoms with Gasteiger partial charge in [0.2, 0.25) is 0 Å². The molecule has 2 amide bonds. The number of amides is 2. The lowest BCUT2D eigenvalue weighted by Crippen LogP contribution is -2.48. The van der Waals surface area contributed by atoms with Gasteiger partial charge >= 0.3 is 0 Å². The molecule has 0 aromatic heterocycles. The van der Waals surface area contributed by atoms with E-state index in [4.69, 9.17) is 4.74 Å². The van der Waals surface area contributed by atoms with E-state index in [1.165, 1.54) is 0 Å². The van der Waals surface area contributed by atoms with Gasteiger partial charge in [-0.2, -0.15) is 0 Å². The first kappa shape index (κ1) is 23.4. The van der Waals surface area contributed by atoms with Crippen LogP contribution in [0.25, 0.3) is 10.8 Å². The molecule has 0 saturated carbocycles. The Morgan fingerprint density at radius 1 is 0.806 bits per heavy atom. The van der Waals surface area contributed by atoms with Gasteiger partial charge in [0.15, 0.2) is 6.61 Å². The highest BCUT2D eigenvalue weighted by Gasteiger charge is 2.23. The molecule has 0 bridgehead atoms. The number of anilines is 2. The summed E-state index contributed by atoms with van der Waals surface area (Å²) in [5, 5.41) is 4.96. The maximum Gasteiger partial charge on any atom is 0.262 e. The molecule has 5 rings (SSSR count). The van der Waals surface area contributed by atoms with Gasteiger partial charge in [-0.1, -0.05) is 54.6 Å². The fraction of sp³-hybridized carbons (Fsp3) is 0.200. The minimum Gasteiger partial charge on any atom is -0.483 e. The summed E-state index contributed by atoms with van der Waals surface area (Å²) in [6.07, 6.45) is 0. The van der Waals surface area contributed by atoms with Gasteiger partial charge in [0, 0.05) is 48.5 Å². The van der Waals surface area contributed by atoms with E-state index >= 15 is 0 Å². The molecule has 1 N–H and O–H groups in total. The smallest absolute Gasteiger partial charge is 0.262 e. The first-order valence-electron chi connectivity index (χ1n) is 12.2. The zero-order valence-corrected chi connectivity index (χ0v) is 20.3. The minimum absolute atomic E-state index is 0.0629. The lowest BCUT2D eigenvalue weighted by molar-refractivity contribution is -0.118. The molecule has 1 aliphatic heterocycles. The third kappa shape index (κ3) is 5.18. The molecule has 0 spiro atoms. The van der Waals surface area contributed by atoms with Gasteiger partial charge in [0.05, 0.1) is 0 Å². The molecule has 1 aliphatic rings. The standard InChI is InChI=1S/C30H29N3O3/c1-22-7-2-4-10-26(22)30(35)33-19-17-32(18-20-33)25-15-13-24(14-16-25)31-29(34)21-36-28-12-6-9-23-8-3-5-11-27(23)28/h2-16H,17-21H2,1H3,(H,31,34). The summed E-state index contributed by atoms with van der Waals surface area (Å²) in [7, 11) is 0. The predicted molar refractivity (Wildman–Crippen MR) is 144 cm³/mol. The van der Waals surface area contributed by atoms with Gasteiger partial charge in [-0.3, -0.25) is 9.59 Å². The van der Waals surface area contributed by atoms with E-state index in [1.54, 1.807) is 0 Å². The molecule has 0 atom stereocenters. The van der Waals surface area contributed by atoms with E-state index in [0.29, 0.717) is 18.8 Å². The largest absolute Gasteiger partial charge is 0.483 e. The van der Waals surface area contributed by atoms with Crippen molar-refractivity contribution in [2.45, 2.75) is 6.92 Å². The van der Waals surface area contributed by atoms with E-state index in [-0.39, 0.29) is 18.4 Å². The number of nitrogens with one attached hydrogen (secondary N) is 1. The van der Waals surface area contributed by atoms with Crippen LogP contribution in [0.3, 0.4) is 0 Å². The maximum atomic E-state index is 12.9. The number of carbonyl (C=O) groups excluding carboxylic acids is 2. The van der Waals surface area contributed by atoms with Gasteiger partial charge in [0.25, 0.3) is 11.8 Å². The van der Waals surface area contributed by atoms with Crippen LogP contribution < -0.4 is 15.0 Å². The second-order valence-electron chi connectivity index (χ2n) is 8.96. The summed E-state index contributed by atoms with van der Waals surface area (Å²) in [4.78, 5) is 29.5. The summed E-state index contributed by atoms with van der Waals surface area (Å²) < 4.78 is 5.79. The summed E-state index contributed by atoms with van der Waals surface area (Å²) in [6.45, 7) is 4.80. The maximum absolute atomic E-state index is 12.9. The van der Waals surface area contributed by atoms with Crippen LogP contribution in [0.15, 0.2) is 91.0 Å². The number of aryl methyl sites for hydroxylation is 1. The summed E-state index contributed by atoms with van der Waals surface area (Å²) in [5.41, 5.74) is 3.57. The second-order valence-corrected chi connectivity index (χ2v) is 8.96. The van der Waals surface area contributed by atoms with Crippen LogP contribution in [0.1, 0.15) is 15.9 Å². The number of hydrogen-bond acceptors (Lipinski definition) is 4. The number of hydrogen-bond donors (Lipinski definition) is 1. The number of piperazine rings is 1. The normalized spacial score (nSPS) is 13.5. The number of fused-ring (bicyclic) bond motifs is 1. The monoisotopic (exact) mass is 479 g/mol. The quantitative estimate of drug-likeness (QED) is 0.417. The highest BCUT2D eigenvalue weighted by Crippen LogP contribution is 2.25. The topological polar surface area (TPSA) is 61.9 Å². The highest BCUT2D eigenvalue weighted by molar-refractivity contribution is 5.96. The summed E-state index contributed by atoms with van der Waals surface area (Å²) in [6, 6.07) is 29.3. The lowest BCUT2D eigenvalue weighted by atomic mass is 10.1. The van der Waals surface area contributed by atoms with Crippen LogP contribution >= 0.6 is 0 Å². The Morgan fingerprint density at radius 2 is 1.50 bits per heavy atom. The number of benzene rings is 4. The van der Waals surface area contributed by atoms with Crippen molar-refractivity contribution in [3.05, 3.63) is 102 Å². The van der Waals surface area contributed by atoms with Crippen molar-refractivity contribution < 1.29 is 14.3 Å². The SMILES string of the molecule is Cc1ccccc1C(=O)N1CCN(c2ccc(NC(=O)COc3cccc4ccccc34)cc2)CC1. The van der Waals surface area contributed by atoms with Gasteiger partial charge in [-0.05, 0) is 54.3 Å². The Balaban J connectivity index is 1.13. The van der Waals surface area contributed by atoms with Crippen LogP contribution in [0.2, 0.25) is 0 Å². The molecule has 0 unspecified atom stereocenters. The minimum atomic E-state index is -0.209. The van der Waals surface area contributed by atoms with Crippen LogP contribution in [0, 0.1) is 6.92 Å². The molecule has 1 saturated heterocycles. The average Bonchev–Trinajstić information content (AvgIpc) is 2.92. The summed E-state index contributed by atoms with van der Waals surface area (Å²) >= 11 is 0. The third-order valence-corrected chi connectivity index (χ3v) is 6.57. The fourth-order valence-corrected chi connectivity index (χ4v) is 4.57. The van der Waals surface area contributed by atoms with E-state index < -0.39 is 0 Å². The van der Waals surface area contributed by atoms with Gasteiger partial charge < -0.3 is 19.9 Å². The molecule has 0 aliphatic carbocycles. The number of ether oxygens (including phenoxy) is 1. The number of nitrogens with zero attached hydrogens (tertiary/aromatic N) is 2. The Morgan fingerprint density at radius 3 is 2.28 bits per heavy atom. The molecule has 4 aromatic carbocycles. The van der Waals surface area contributed by atoms with Crippen molar-refractivity contribution in [2.24, 2.45) is 0 Å². The van der Waals surface area contributed by atoms with E-state index in [1.807, 2.05) is 103 Å². The van der Waals surface area contributed by atoms with E-state index in [0.717, 1.165) is 46.4 Å². The predicted octanol–water partition coefficient (Wildman–Crippen LogP) is 5.13. The molecule has 1 heterocycles. The number of carbonyl (C=O) groups is 2. The van der Waals surface area contributed by atoms with Crippen LogP contribution in [0.4, 0.5) is 11.4 Å². The van der Waals surface area contributed by atoms with Crippen molar-refractivity contribution in [1.29, 1.82) is 0 Å². The Labute approximate surface area is 211 Å². The van der Waals surface area contributed by atoms with E-state index in [9.17, 15) is 9.59 Å². The van der Waals surface area contributed by atoms with Crippen molar-refractivity contribution in [3.8, 4) is 5.75 Å². The molecule has 4 aromatic rings. The Hall–Kier alpha value is -4.32. The second kappa shape index (κ2) is 10.5. The highest BCUT2D eigenvalue weighted by atomic mass is 16.5. The van der Waals surface area contributed by atoms with Crippen LogP contribution in [0.5, 0.6) is 5.75 Å². The molecular weight excluding hydrogens is 450 g/mol. The van der Waals surface area contributed by atoms with Crippen molar-refractivity contribution in [3.63, 3.8) is 0 Å². The molecule has 6 nitrogen and oxygen atoms in total. The average molecular weight is 480 g/mol. The van der Waals surface area contributed by atoms with Crippen molar-refractivity contribution in [2.75, 3.05) is 43.0 Å². The molecule has 0 radical (unpaired) electrons. The molecular formula is C30H29N3O3. The van der Waals surface area contributed by atoms with Crippen molar-refractivity contribution in [1.82, 2.24) is 4.90 Å². The summed E-state index contributed by atoms with van der Waals surface area (Å²) in [5.74, 6) is 0.578. The Bertz CT molecular complexity index is 1370. The van der Waals surface area contributed by atoms with Gasteiger partial charge in [-0.15, -0.1) is 0 Å². The molecule has 1 fully saturated rings.